The Bertz CT molecular complexity index is 626. The summed E-state index contributed by atoms with van der Waals surface area (Å²) in [5.41, 5.74) is 2.31. The molecular formula is C16H20FN3S. The van der Waals surface area contributed by atoms with E-state index < -0.39 is 0 Å². The Balaban J connectivity index is 1.93. The van der Waals surface area contributed by atoms with Crippen molar-refractivity contribution in [2.45, 2.75) is 32.9 Å². The minimum Gasteiger partial charge on any atom is -0.349 e. The Labute approximate surface area is 128 Å². The molecular weight excluding hydrogens is 285 g/mol. The number of fused-ring (bicyclic) bond motifs is 1. The maximum atomic E-state index is 13.5. The molecule has 0 aromatic carbocycles. The lowest BCUT2D eigenvalue weighted by Crippen LogP contribution is -2.35. The third-order valence-corrected chi connectivity index (χ3v) is 5.02. The Morgan fingerprint density at radius 1 is 1.52 bits per heavy atom. The number of hydrogen-bond donors (Lipinski definition) is 1. The predicted octanol–water partition coefficient (Wildman–Crippen LogP) is 3.52. The minimum atomic E-state index is -0.271. The molecule has 0 aliphatic carbocycles. The lowest BCUT2D eigenvalue weighted by Gasteiger charge is -2.35. The fraction of sp³-hybridized carbons (Fsp3) is 0.438. The van der Waals surface area contributed by atoms with Crippen LogP contribution in [0.15, 0.2) is 23.7 Å². The molecule has 3 heterocycles. The van der Waals surface area contributed by atoms with Crippen molar-refractivity contribution in [3.8, 4) is 0 Å². The van der Waals surface area contributed by atoms with Crippen molar-refractivity contribution in [1.82, 2.24) is 10.3 Å². The Hall–Kier alpha value is -1.46. The van der Waals surface area contributed by atoms with E-state index in [0.29, 0.717) is 12.6 Å². The van der Waals surface area contributed by atoms with Crippen molar-refractivity contribution in [1.29, 1.82) is 0 Å². The molecule has 3 nitrogen and oxygen atoms in total. The summed E-state index contributed by atoms with van der Waals surface area (Å²) < 4.78 is 13.5. The molecule has 0 radical (unpaired) electrons. The Morgan fingerprint density at radius 3 is 3.19 bits per heavy atom. The van der Waals surface area contributed by atoms with E-state index in [1.165, 1.54) is 16.6 Å². The van der Waals surface area contributed by atoms with Crippen molar-refractivity contribution < 1.29 is 4.39 Å². The topological polar surface area (TPSA) is 28.2 Å². The van der Waals surface area contributed by atoms with Gasteiger partial charge in [0.25, 0.3) is 0 Å². The third kappa shape index (κ3) is 2.80. The molecule has 1 atom stereocenters. The van der Waals surface area contributed by atoms with E-state index in [9.17, 15) is 4.39 Å². The van der Waals surface area contributed by atoms with Gasteiger partial charge in [0.05, 0.1) is 12.2 Å². The molecule has 2 aromatic heterocycles. The summed E-state index contributed by atoms with van der Waals surface area (Å²) in [6.45, 7) is 6.70. The van der Waals surface area contributed by atoms with Crippen LogP contribution in [0.2, 0.25) is 0 Å². The summed E-state index contributed by atoms with van der Waals surface area (Å²) in [7, 11) is 0. The molecule has 1 aliphatic rings. The summed E-state index contributed by atoms with van der Waals surface area (Å²) in [4.78, 5) is 8.14. The van der Waals surface area contributed by atoms with Crippen LogP contribution in [0.3, 0.4) is 0 Å². The van der Waals surface area contributed by atoms with Gasteiger partial charge in [-0.05, 0) is 43.0 Å². The van der Waals surface area contributed by atoms with Crippen molar-refractivity contribution in [2.24, 2.45) is 0 Å². The average molecular weight is 305 g/mol. The summed E-state index contributed by atoms with van der Waals surface area (Å²) in [5, 5.41) is 5.42. The van der Waals surface area contributed by atoms with Gasteiger partial charge in [0.2, 0.25) is 0 Å². The van der Waals surface area contributed by atoms with Crippen LogP contribution in [0.1, 0.15) is 35.9 Å². The molecule has 3 rings (SSSR count). The molecule has 0 saturated heterocycles. The van der Waals surface area contributed by atoms with Gasteiger partial charge >= 0.3 is 0 Å². The van der Waals surface area contributed by atoms with Gasteiger partial charge in [-0.15, -0.1) is 11.3 Å². The van der Waals surface area contributed by atoms with E-state index in [4.69, 9.17) is 0 Å². The average Bonchev–Trinajstić information content (AvgIpc) is 2.96. The first-order valence-electron chi connectivity index (χ1n) is 7.38. The van der Waals surface area contributed by atoms with E-state index in [2.05, 4.69) is 33.6 Å². The number of pyridine rings is 1. The maximum Gasteiger partial charge on any atom is 0.141 e. The molecule has 0 spiro atoms. The molecule has 0 bridgehead atoms. The summed E-state index contributed by atoms with van der Waals surface area (Å²) in [5.74, 6) is 0.634. The van der Waals surface area contributed by atoms with Crippen LogP contribution in [0.25, 0.3) is 0 Å². The molecule has 21 heavy (non-hydrogen) atoms. The molecule has 112 valence electrons. The number of nitrogens with one attached hydrogen (secondary N) is 1. The molecule has 0 amide bonds. The largest absolute Gasteiger partial charge is 0.349 e. The van der Waals surface area contributed by atoms with Crippen LogP contribution in [-0.4, -0.2) is 18.1 Å². The van der Waals surface area contributed by atoms with Crippen molar-refractivity contribution >= 4 is 17.2 Å². The van der Waals surface area contributed by atoms with Gasteiger partial charge in [0, 0.05) is 23.5 Å². The van der Waals surface area contributed by atoms with Gasteiger partial charge in [0.15, 0.2) is 0 Å². The number of thiophene rings is 1. The first kappa shape index (κ1) is 14.5. The summed E-state index contributed by atoms with van der Waals surface area (Å²) >= 11 is 1.83. The highest BCUT2D eigenvalue weighted by Crippen LogP contribution is 2.36. The van der Waals surface area contributed by atoms with Crippen LogP contribution in [-0.2, 0) is 13.0 Å². The van der Waals surface area contributed by atoms with Gasteiger partial charge < -0.3 is 10.2 Å². The number of aromatic nitrogens is 1. The van der Waals surface area contributed by atoms with Crippen LogP contribution in [0.4, 0.5) is 10.2 Å². The first-order valence-corrected chi connectivity index (χ1v) is 8.26. The standard InChI is InChI=1S/C16H20FN3S/c1-3-18-9-12-8-13(17)10-19-16(12)20-6-4-15-14(11(20)2)5-7-21-15/h5,7-8,10-11,18H,3-4,6,9H2,1-2H3. The first-order chi connectivity index (χ1) is 10.2. The predicted molar refractivity (Wildman–Crippen MR) is 85.4 cm³/mol. The molecule has 0 saturated carbocycles. The monoisotopic (exact) mass is 305 g/mol. The third-order valence-electron chi connectivity index (χ3n) is 4.02. The fourth-order valence-corrected chi connectivity index (χ4v) is 3.88. The van der Waals surface area contributed by atoms with Crippen LogP contribution in [0.5, 0.6) is 0 Å². The highest BCUT2D eigenvalue weighted by molar-refractivity contribution is 7.10. The van der Waals surface area contributed by atoms with Crippen molar-refractivity contribution in [3.05, 3.63) is 45.5 Å². The SMILES string of the molecule is CCNCc1cc(F)cnc1N1CCc2sccc2C1C. The minimum absolute atomic E-state index is 0.271. The number of halogens is 1. The molecule has 0 fully saturated rings. The van der Waals surface area contributed by atoms with Gasteiger partial charge in [0.1, 0.15) is 11.6 Å². The smallest absolute Gasteiger partial charge is 0.141 e. The van der Waals surface area contributed by atoms with Crippen molar-refractivity contribution in [2.75, 3.05) is 18.0 Å². The second-order valence-electron chi connectivity index (χ2n) is 5.34. The van der Waals surface area contributed by atoms with Gasteiger partial charge in [-0.1, -0.05) is 6.92 Å². The van der Waals surface area contributed by atoms with Gasteiger partial charge in [-0.25, -0.2) is 9.37 Å². The Kier molecular flexibility index (Phi) is 4.22. The molecule has 1 unspecified atom stereocenters. The van der Waals surface area contributed by atoms with E-state index in [1.807, 2.05) is 18.3 Å². The van der Waals surface area contributed by atoms with E-state index >= 15 is 0 Å². The quantitative estimate of drug-likeness (QED) is 0.937. The molecule has 2 aromatic rings. The van der Waals surface area contributed by atoms with Gasteiger partial charge in [-0.2, -0.15) is 0 Å². The van der Waals surface area contributed by atoms with Crippen LogP contribution < -0.4 is 10.2 Å². The second kappa shape index (κ2) is 6.12. The van der Waals surface area contributed by atoms with Crippen molar-refractivity contribution in [3.63, 3.8) is 0 Å². The molecule has 1 N–H and O–H groups in total. The maximum absolute atomic E-state index is 13.5. The normalized spacial score (nSPS) is 17.9. The Morgan fingerprint density at radius 2 is 2.38 bits per heavy atom. The van der Waals surface area contributed by atoms with E-state index in [0.717, 1.165) is 30.9 Å². The number of rotatable bonds is 4. The zero-order valence-electron chi connectivity index (χ0n) is 12.4. The highest BCUT2D eigenvalue weighted by atomic mass is 32.1. The molecule has 1 aliphatic heterocycles. The second-order valence-corrected chi connectivity index (χ2v) is 6.34. The summed E-state index contributed by atoms with van der Waals surface area (Å²) in [6, 6.07) is 4.09. The van der Waals surface area contributed by atoms with Crippen LogP contribution >= 0.6 is 11.3 Å². The lowest BCUT2D eigenvalue weighted by molar-refractivity contribution is 0.595. The zero-order valence-corrected chi connectivity index (χ0v) is 13.2. The zero-order chi connectivity index (χ0) is 14.8. The number of hydrogen-bond acceptors (Lipinski definition) is 4. The summed E-state index contributed by atoms with van der Waals surface area (Å²) in [6.07, 6.45) is 2.36. The fourth-order valence-electron chi connectivity index (χ4n) is 2.92. The van der Waals surface area contributed by atoms with E-state index in [-0.39, 0.29) is 5.82 Å². The van der Waals surface area contributed by atoms with E-state index in [1.54, 1.807) is 6.07 Å². The van der Waals surface area contributed by atoms with Crippen LogP contribution in [0, 0.1) is 5.82 Å². The van der Waals surface area contributed by atoms with Gasteiger partial charge in [-0.3, -0.25) is 0 Å². The lowest BCUT2D eigenvalue weighted by atomic mass is 10.0. The molecule has 5 heteroatoms. The number of nitrogens with zero attached hydrogens (tertiary/aromatic N) is 2. The highest BCUT2D eigenvalue weighted by Gasteiger charge is 2.27. The number of anilines is 1.